The van der Waals surface area contributed by atoms with Crippen LogP contribution >= 0.6 is 0 Å². The van der Waals surface area contributed by atoms with Crippen molar-refractivity contribution in [3.05, 3.63) is 59.4 Å². The summed E-state index contributed by atoms with van der Waals surface area (Å²) in [6.07, 6.45) is 1.84. The van der Waals surface area contributed by atoms with Crippen LogP contribution in [0.25, 0.3) is 0 Å². The number of pyridine rings is 1. The van der Waals surface area contributed by atoms with Crippen molar-refractivity contribution in [1.82, 2.24) is 15.2 Å². The molecule has 1 aromatic heterocycles. The van der Waals surface area contributed by atoms with Gasteiger partial charge in [0, 0.05) is 45.1 Å². The van der Waals surface area contributed by atoms with Gasteiger partial charge >= 0.3 is 0 Å². The topological polar surface area (TPSA) is 43.8 Å². The molecule has 2 aromatic rings. The third-order valence-corrected chi connectivity index (χ3v) is 4.69. The summed E-state index contributed by atoms with van der Waals surface area (Å²) in [5, 5.41) is 3.45. The number of guanidine groups is 1. The van der Waals surface area contributed by atoms with E-state index in [1.54, 1.807) is 0 Å². The minimum absolute atomic E-state index is 0.706. The van der Waals surface area contributed by atoms with Crippen molar-refractivity contribution in [3.63, 3.8) is 0 Å². The molecular formula is C20H27N5. The number of hydrogen-bond acceptors (Lipinski definition) is 3. The Balaban J connectivity index is 1.56. The molecule has 2 heterocycles. The fourth-order valence-electron chi connectivity index (χ4n) is 3.20. The molecule has 1 fully saturated rings. The van der Waals surface area contributed by atoms with E-state index in [1.807, 2.05) is 19.3 Å². The summed E-state index contributed by atoms with van der Waals surface area (Å²) in [5.74, 6) is 0.953. The Hall–Kier alpha value is -2.56. The summed E-state index contributed by atoms with van der Waals surface area (Å²) in [6, 6.07) is 12.8. The molecule has 1 aromatic carbocycles. The smallest absolute Gasteiger partial charge is 0.194 e. The fourth-order valence-corrected chi connectivity index (χ4v) is 3.20. The van der Waals surface area contributed by atoms with E-state index >= 15 is 0 Å². The Kier molecular flexibility index (Phi) is 5.53. The summed E-state index contributed by atoms with van der Waals surface area (Å²) in [4.78, 5) is 13.7. The van der Waals surface area contributed by atoms with Crippen LogP contribution in [0.15, 0.2) is 47.6 Å². The number of hydrogen-bond donors (Lipinski definition) is 1. The van der Waals surface area contributed by atoms with Crippen molar-refractivity contribution in [2.45, 2.75) is 20.4 Å². The second-order valence-electron chi connectivity index (χ2n) is 6.48. The standard InChI is InChI=1S/C20H27N5/c1-16-6-4-8-18(14-16)24-10-12-25(13-11-24)20(21-3)23-15-19-17(2)7-5-9-22-19/h4-9,14H,10-13,15H2,1-3H3,(H,21,23). The van der Waals surface area contributed by atoms with Crippen LogP contribution in [-0.2, 0) is 6.54 Å². The first-order valence-corrected chi connectivity index (χ1v) is 8.85. The highest BCUT2D eigenvalue weighted by Crippen LogP contribution is 2.17. The van der Waals surface area contributed by atoms with Gasteiger partial charge in [-0.2, -0.15) is 0 Å². The lowest BCUT2D eigenvalue weighted by molar-refractivity contribution is 0.372. The number of aliphatic imine (C=N–C) groups is 1. The monoisotopic (exact) mass is 337 g/mol. The molecule has 0 amide bonds. The molecule has 0 radical (unpaired) electrons. The van der Waals surface area contributed by atoms with Crippen LogP contribution in [-0.4, -0.2) is 49.1 Å². The van der Waals surface area contributed by atoms with Crippen LogP contribution in [0.5, 0.6) is 0 Å². The van der Waals surface area contributed by atoms with Crippen molar-refractivity contribution in [3.8, 4) is 0 Å². The molecule has 1 aliphatic heterocycles. The van der Waals surface area contributed by atoms with E-state index in [-0.39, 0.29) is 0 Å². The predicted molar refractivity (Wildman–Crippen MR) is 104 cm³/mol. The Morgan fingerprint density at radius 3 is 2.60 bits per heavy atom. The number of anilines is 1. The average Bonchev–Trinajstić information content (AvgIpc) is 2.64. The molecule has 0 atom stereocenters. The largest absolute Gasteiger partial charge is 0.368 e. The number of aromatic nitrogens is 1. The number of rotatable bonds is 3. The lowest BCUT2D eigenvalue weighted by Gasteiger charge is -2.37. The molecule has 1 N–H and O–H groups in total. The summed E-state index contributed by atoms with van der Waals surface area (Å²) < 4.78 is 0. The van der Waals surface area contributed by atoms with Gasteiger partial charge in [0.25, 0.3) is 0 Å². The molecule has 0 aliphatic carbocycles. The van der Waals surface area contributed by atoms with Gasteiger partial charge in [0.2, 0.25) is 0 Å². The normalized spacial score (nSPS) is 15.4. The van der Waals surface area contributed by atoms with Crippen LogP contribution in [0, 0.1) is 13.8 Å². The van der Waals surface area contributed by atoms with Gasteiger partial charge in [0.1, 0.15) is 0 Å². The molecule has 25 heavy (non-hydrogen) atoms. The van der Waals surface area contributed by atoms with E-state index in [2.05, 4.69) is 69.3 Å². The third-order valence-electron chi connectivity index (χ3n) is 4.69. The molecule has 1 saturated heterocycles. The molecule has 132 valence electrons. The molecule has 5 nitrogen and oxygen atoms in total. The summed E-state index contributed by atoms with van der Waals surface area (Å²) >= 11 is 0. The molecule has 0 spiro atoms. The first-order chi connectivity index (χ1) is 12.2. The van der Waals surface area contributed by atoms with Gasteiger partial charge in [-0.25, -0.2) is 0 Å². The average molecular weight is 337 g/mol. The van der Waals surface area contributed by atoms with Crippen LogP contribution in [0.2, 0.25) is 0 Å². The molecule has 0 unspecified atom stereocenters. The Morgan fingerprint density at radius 2 is 1.92 bits per heavy atom. The number of nitrogens with one attached hydrogen (secondary N) is 1. The van der Waals surface area contributed by atoms with Crippen LogP contribution < -0.4 is 10.2 Å². The van der Waals surface area contributed by atoms with Gasteiger partial charge in [-0.15, -0.1) is 0 Å². The van der Waals surface area contributed by atoms with Gasteiger partial charge in [0.05, 0.1) is 12.2 Å². The molecular weight excluding hydrogens is 310 g/mol. The van der Waals surface area contributed by atoms with E-state index in [0.717, 1.165) is 37.8 Å². The molecule has 0 saturated carbocycles. The Labute approximate surface area is 150 Å². The number of aryl methyl sites for hydroxylation is 2. The van der Waals surface area contributed by atoms with Crippen LogP contribution in [0.3, 0.4) is 0 Å². The van der Waals surface area contributed by atoms with Gasteiger partial charge < -0.3 is 15.1 Å². The maximum absolute atomic E-state index is 4.45. The first-order valence-electron chi connectivity index (χ1n) is 8.85. The van der Waals surface area contributed by atoms with E-state index in [9.17, 15) is 0 Å². The quantitative estimate of drug-likeness (QED) is 0.691. The minimum Gasteiger partial charge on any atom is -0.368 e. The number of benzene rings is 1. The van der Waals surface area contributed by atoms with Crippen molar-refractivity contribution < 1.29 is 0 Å². The van der Waals surface area contributed by atoms with Crippen molar-refractivity contribution in [1.29, 1.82) is 0 Å². The summed E-state index contributed by atoms with van der Waals surface area (Å²) in [6.45, 7) is 8.89. The SMILES string of the molecule is CN=C(NCc1ncccc1C)N1CCN(c2cccc(C)c2)CC1. The Bertz CT molecular complexity index is 732. The van der Waals surface area contributed by atoms with E-state index in [4.69, 9.17) is 0 Å². The van der Waals surface area contributed by atoms with E-state index in [1.165, 1.54) is 16.8 Å². The number of piperazine rings is 1. The lowest BCUT2D eigenvalue weighted by atomic mass is 10.2. The maximum Gasteiger partial charge on any atom is 0.194 e. The highest BCUT2D eigenvalue weighted by Gasteiger charge is 2.20. The maximum atomic E-state index is 4.45. The van der Waals surface area contributed by atoms with E-state index in [0.29, 0.717) is 6.54 Å². The van der Waals surface area contributed by atoms with Crippen molar-refractivity contribution in [2.24, 2.45) is 4.99 Å². The zero-order valence-electron chi connectivity index (χ0n) is 15.4. The van der Waals surface area contributed by atoms with Crippen LogP contribution in [0.1, 0.15) is 16.8 Å². The predicted octanol–water partition coefficient (Wildman–Crippen LogP) is 2.60. The van der Waals surface area contributed by atoms with Gasteiger partial charge in [-0.3, -0.25) is 9.98 Å². The zero-order valence-corrected chi connectivity index (χ0v) is 15.4. The fraction of sp³-hybridized carbons (Fsp3) is 0.400. The molecule has 5 heteroatoms. The highest BCUT2D eigenvalue weighted by atomic mass is 15.3. The van der Waals surface area contributed by atoms with Gasteiger partial charge in [-0.05, 0) is 43.2 Å². The van der Waals surface area contributed by atoms with Crippen molar-refractivity contribution in [2.75, 3.05) is 38.1 Å². The molecule has 3 rings (SSSR count). The zero-order chi connectivity index (χ0) is 17.6. The minimum atomic E-state index is 0.706. The van der Waals surface area contributed by atoms with Crippen molar-refractivity contribution >= 4 is 11.6 Å². The van der Waals surface area contributed by atoms with Gasteiger partial charge in [-0.1, -0.05) is 18.2 Å². The first kappa shape index (κ1) is 17.3. The molecule has 0 bridgehead atoms. The Morgan fingerprint density at radius 1 is 1.12 bits per heavy atom. The highest BCUT2D eigenvalue weighted by molar-refractivity contribution is 5.80. The summed E-state index contributed by atoms with van der Waals surface area (Å²) in [7, 11) is 1.85. The lowest BCUT2D eigenvalue weighted by Crippen LogP contribution is -2.52. The second kappa shape index (κ2) is 8.01. The number of nitrogens with zero attached hydrogens (tertiary/aromatic N) is 4. The van der Waals surface area contributed by atoms with E-state index < -0.39 is 0 Å². The third kappa shape index (κ3) is 4.29. The molecule has 1 aliphatic rings. The van der Waals surface area contributed by atoms with Crippen LogP contribution in [0.4, 0.5) is 5.69 Å². The second-order valence-corrected chi connectivity index (χ2v) is 6.48. The van der Waals surface area contributed by atoms with Gasteiger partial charge in [0.15, 0.2) is 5.96 Å². The summed E-state index contributed by atoms with van der Waals surface area (Å²) in [5.41, 5.74) is 4.90.